The number of benzene rings is 1. The molecule has 122 valence electrons. The van der Waals surface area contributed by atoms with Crippen LogP contribution in [0.25, 0.3) is 0 Å². The second kappa shape index (κ2) is 6.62. The molecule has 0 amide bonds. The molecule has 2 aromatic heterocycles. The number of hydrogen-bond donors (Lipinski definition) is 0. The molecule has 0 saturated heterocycles. The van der Waals surface area contributed by atoms with Gasteiger partial charge in [-0.15, -0.1) is 16.4 Å². The monoisotopic (exact) mass is 360 g/mol. The van der Waals surface area contributed by atoms with Crippen molar-refractivity contribution in [2.24, 2.45) is 0 Å². The molecule has 0 fully saturated rings. The van der Waals surface area contributed by atoms with Crippen molar-refractivity contribution in [3.63, 3.8) is 0 Å². The van der Waals surface area contributed by atoms with E-state index in [1.165, 1.54) is 11.8 Å². The molecule has 0 atom stereocenters. The minimum absolute atomic E-state index is 0.0102. The number of hydrogen-bond acceptors (Lipinski definition) is 8. The molecule has 0 aliphatic carbocycles. The number of aromatic nitrogens is 4. The molecular weight excluding hydrogens is 348 g/mol. The summed E-state index contributed by atoms with van der Waals surface area (Å²) in [6.45, 7) is 0.796. The van der Waals surface area contributed by atoms with E-state index in [1.54, 1.807) is 34.2 Å². The van der Waals surface area contributed by atoms with Gasteiger partial charge < -0.3 is 9.47 Å². The van der Waals surface area contributed by atoms with Gasteiger partial charge in [0, 0.05) is 10.4 Å². The molecular formula is C15H12N4O3S2. The minimum Gasteiger partial charge on any atom is -0.454 e. The van der Waals surface area contributed by atoms with E-state index in [9.17, 15) is 4.79 Å². The molecule has 7 nitrogen and oxygen atoms in total. The largest absolute Gasteiger partial charge is 0.454 e. The summed E-state index contributed by atoms with van der Waals surface area (Å²) in [7, 11) is 0. The van der Waals surface area contributed by atoms with Gasteiger partial charge in [-0.2, -0.15) is 0 Å². The first-order chi connectivity index (χ1) is 11.8. The molecule has 1 aliphatic heterocycles. The second-order valence-electron chi connectivity index (χ2n) is 4.98. The maximum absolute atomic E-state index is 12.4. The summed E-state index contributed by atoms with van der Waals surface area (Å²) in [5.74, 6) is 1.52. The Morgan fingerprint density at radius 2 is 2.21 bits per heavy atom. The molecule has 0 N–H and O–H groups in total. The second-order valence-corrected chi connectivity index (χ2v) is 6.95. The molecule has 0 unspecified atom stereocenters. The van der Waals surface area contributed by atoms with Crippen LogP contribution >= 0.6 is 23.1 Å². The van der Waals surface area contributed by atoms with Gasteiger partial charge >= 0.3 is 0 Å². The van der Waals surface area contributed by atoms with Crippen LogP contribution in [0.2, 0.25) is 0 Å². The third-order valence-corrected chi connectivity index (χ3v) is 5.23. The quantitative estimate of drug-likeness (QED) is 0.493. The van der Waals surface area contributed by atoms with Gasteiger partial charge in [-0.05, 0) is 40.1 Å². The first-order valence-electron chi connectivity index (χ1n) is 7.14. The molecule has 0 radical (unpaired) electrons. The van der Waals surface area contributed by atoms with Crippen molar-refractivity contribution < 1.29 is 14.3 Å². The van der Waals surface area contributed by atoms with Crippen molar-refractivity contribution >= 4 is 28.9 Å². The van der Waals surface area contributed by atoms with Crippen molar-refractivity contribution in [3.05, 3.63) is 46.2 Å². The summed E-state index contributed by atoms with van der Waals surface area (Å²) < 4.78 is 12.2. The highest BCUT2D eigenvalue weighted by Crippen LogP contribution is 2.33. The average Bonchev–Trinajstić information content (AvgIpc) is 3.34. The van der Waals surface area contributed by atoms with E-state index >= 15 is 0 Å². The molecule has 0 bridgehead atoms. The summed E-state index contributed by atoms with van der Waals surface area (Å²) in [4.78, 5) is 13.5. The molecule has 24 heavy (non-hydrogen) atoms. The molecule has 3 aromatic rings. The first kappa shape index (κ1) is 15.2. The van der Waals surface area contributed by atoms with Gasteiger partial charge in [-0.25, -0.2) is 4.68 Å². The first-order valence-corrected chi connectivity index (χ1v) is 9.00. The van der Waals surface area contributed by atoms with E-state index in [0.29, 0.717) is 28.8 Å². The number of nitrogens with zero attached hydrogens (tertiary/aromatic N) is 4. The van der Waals surface area contributed by atoms with Crippen molar-refractivity contribution in [1.29, 1.82) is 0 Å². The fraction of sp³-hybridized carbons (Fsp3) is 0.200. The Kier molecular flexibility index (Phi) is 4.18. The smallest absolute Gasteiger partial charge is 0.231 e. The molecule has 1 aromatic carbocycles. The summed E-state index contributed by atoms with van der Waals surface area (Å²) >= 11 is 2.97. The summed E-state index contributed by atoms with van der Waals surface area (Å²) in [5.41, 5.74) is 0.587. The van der Waals surface area contributed by atoms with Crippen molar-refractivity contribution in [2.75, 3.05) is 12.5 Å². The SMILES string of the molecule is O=C(CSc1nnnn1Cc1cccs1)c1ccc2c(c1)OCO2. The number of ketones is 1. The zero-order valence-electron chi connectivity index (χ0n) is 12.4. The van der Waals surface area contributed by atoms with Crippen LogP contribution in [-0.4, -0.2) is 38.5 Å². The van der Waals surface area contributed by atoms with E-state index in [-0.39, 0.29) is 18.3 Å². The van der Waals surface area contributed by atoms with E-state index < -0.39 is 0 Å². The van der Waals surface area contributed by atoms with Gasteiger partial charge in [-0.1, -0.05) is 17.8 Å². The predicted molar refractivity (Wildman–Crippen MR) is 88.9 cm³/mol. The van der Waals surface area contributed by atoms with Crippen LogP contribution in [-0.2, 0) is 6.54 Å². The average molecular weight is 360 g/mol. The Bertz CT molecular complexity index is 863. The fourth-order valence-electron chi connectivity index (χ4n) is 2.23. The number of carbonyl (C=O) groups is 1. The Balaban J connectivity index is 1.42. The predicted octanol–water partition coefficient (Wildman–Crippen LogP) is 2.49. The van der Waals surface area contributed by atoms with Crippen molar-refractivity contribution in [2.45, 2.75) is 11.7 Å². The molecule has 3 heterocycles. The highest BCUT2D eigenvalue weighted by atomic mass is 32.2. The van der Waals surface area contributed by atoms with E-state index in [1.807, 2.05) is 17.5 Å². The number of Topliss-reactive ketones (excluding diaryl/α,β-unsaturated/α-hetero) is 1. The van der Waals surface area contributed by atoms with Gasteiger partial charge in [0.05, 0.1) is 12.3 Å². The number of thioether (sulfide) groups is 1. The number of rotatable bonds is 6. The van der Waals surface area contributed by atoms with E-state index in [0.717, 1.165) is 4.88 Å². The van der Waals surface area contributed by atoms with Crippen molar-refractivity contribution in [3.8, 4) is 11.5 Å². The summed E-state index contributed by atoms with van der Waals surface area (Å²) in [6.07, 6.45) is 0. The van der Waals surface area contributed by atoms with Crippen molar-refractivity contribution in [1.82, 2.24) is 20.2 Å². The van der Waals surface area contributed by atoms with Crippen LogP contribution in [0.1, 0.15) is 15.2 Å². The maximum atomic E-state index is 12.4. The molecule has 0 saturated carbocycles. The molecule has 9 heteroatoms. The van der Waals surface area contributed by atoms with Crippen LogP contribution in [0.3, 0.4) is 0 Å². The van der Waals surface area contributed by atoms with Crippen LogP contribution < -0.4 is 9.47 Å². The maximum Gasteiger partial charge on any atom is 0.231 e. The molecule has 1 aliphatic rings. The lowest BCUT2D eigenvalue weighted by Crippen LogP contribution is -2.06. The summed E-state index contributed by atoms with van der Waals surface area (Å²) in [6, 6.07) is 9.21. The topological polar surface area (TPSA) is 79.1 Å². The van der Waals surface area contributed by atoms with Gasteiger partial charge in [-0.3, -0.25) is 4.79 Å². The van der Waals surface area contributed by atoms with Gasteiger partial charge in [0.1, 0.15) is 0 Å². The van der Waals surface area contributed by atoms with Gasteiger partial charge in [0.25, 0.3) is 0 Å². The highest BCUT2D eigenvalue weighted by Gasteiger charge is 2.17. The van der Waals surface area contributed by atoms with E-state index in [4.69, 9.17) is 9.47 Å². The standard InChI is InChI=1S/C15H12N4O3S2/c20-12(10-3-4-13-14(6-10)22-9-21-13)8-24-15-16-17-18-19(15)7-11-2-1-5-23-11/h1-6H,7-9H2. The van der Waals surface area contributed by atoms with Crippen LogP contribution in [0.5, 0.6) is 11.5 Å². The van der Waals surface area contributed by atoms with Crippen LogP contribution in [0.4, 0.5) is 0 Å². The van der Waals surface area contributed by atoms with Crippen LogP contribution in [0, 0.1) is 0 Å². The minimum atomic E-state index is -0.0102. The number of carbonyl (C=O) groups excluding carboxylic acids is 1. The number of fused-ring (bicyclic) bond motifs is 1. The fourth-order valence-corrected chi connectivity index (χ4v) is 3.69. The number of tetrazole rings is 1. The molecule has 4 rings (SSSR count). The Morgan fingerprint density at radius 3 is 3.08 bits per heavy atom. The number of ether oxygens (including phenoxy) is 2. The lowest BCUT2D eigenvalue weighted by molar-refractivity contribution is 0.102. The Labute approximate surface area is 145 Å². The van der Waals surface area contributed by atoms with Gasteiger partial charge in [0.15, 0.2) is 17.3 Å². The zero-order valence-corrected chi connectivity index (χ0v) is 14.0. The lowest BCUT2D eigenvalue weighted by atomic mass is 10.1. The Morgan fingerprint density at radius 1 is 1.29 bits per heavy atom. The van der Waals surface area contributed by atoms with E-state index in [2.05, 4.69) is 15.5 Å². The third-order valence-electron chi connectivity index (χ3n) is 3.41. The normalized spacial score (nSPS) is 12.5. The third kappa shape index (κ3) is 3.13. The van der Waals surface area contributed by atoms with Gasteiger partial charge in [0.2, 0.25) is 11.9 Å². The number of thiophene rings is 1. The van der Waals surface area contributed by atoms with Crippen LogP contribution in [0.15, 0.2) is 40.9 Å². The lowest BCUT2D eigenvalue weighted by Gasteiger charge is -2.04. The Hall–Kier alpha value is -2.39. The highest BCUT2D eigenvalue weighted by molar-refractivity contribution is 7.99. The zero-order chi connectivity index (χ0) is 16.4. The summed E-state index contributed by atoms with van der Waals surface area (Å²) in [5, 5.41) is 14.3. The molecule has 0 spiro atoms.